The number of pyridine rings is 1. The fraction of sp³-hybridized carbons (Fsp3) is 0.294. The van der Waals surface area contributed by atoms with Crippen molar-refractivity contribution in [3.05, 3.63) is 54.0 Å². The van der Waals surface area contributed by atoms with E-state index in [-0.39, 0.29) is 5.91 Å². The van der Waals surface area contributed by atoms with Gasteiger partial charge < -0.3 is 10.6 Å². The summed E-state index contributed by atoms with van der Waals surface area (Å²) in [5.41, 5.74) is 2.01. The van der Waals surface area contributed by atoms with Crippen LogP contribution in [-0.2, 0) is 0 Å². The Morgan fingerprint density at radius 2 is 2.28 bits per heavy atom. The van der Waals surface area contributed by atoms with Crippen LogP contribution >= 0.6 is 0 Å². The van der Waals surface area contributed by atoms with Crippen LogP contribution in [0.1, 0.15) is 34.3 Å². The molecule has 8 nitrogen and oxygen atoms in total. The second kappa shape index (κ2) is 6.48. The monoisotopic (exact) mass is 337 g/mol. The molecule has 3 aromatic heterocycles. The number of amides is 1. The number of aromatic amines is 1. The predicted molar refractivity (Wildman–Crippen MR) is 92.9 cm³/mol. The molecule has 0 saturated carbocycles. The molecule has 0 radical (unpaired) electrons. The molecule has 3 aromatic rings. The van der Waals surface area contributed by atoms with Crippen LogP contribution in [0.15, 0.2) is 36.8 Å². The zero-order chi connectivity index (χ0) is 17.2. The highest BCUT2D eigenvalue weighted by molar-refractivity contribution is 6.02. The Hall–Kier alpha value is -3.00. The van der Waals surface area contributed by atoms with Gasteiger partial charge >= 0.3 is 0 Å². The van der Waals surface area contributed by atoms with Gasteiger partial charge in [-0.1, -0.05) is 0 Å². The summed E-state index contributed by atoms with van der Waals surface area (Å²) in [5.74, 6) is 1.76. The van der Waals surface area contributed by atoms with Crippen molar-refractivity contribution in [1.29, 1.82) is 0 Å². The average molecular weight is 337 g/mol. The minimum absolute atomic E-state index is 0.248. The quantitative estimate of drug-likeness (QED) is 0.672. The van der Waals surface area contributed by atoms with Crippen molar-refractivity contribution >= 4 is 11.6 Å². The lowest BCUT2D eigenvalue weighted by Crippen LogP contribution is -2.13. The van der Waals surface area contributed by atoms with Gasteiger partial charge in [0.05, 0.1) is 11.9 Å². The molecule has 4 heterocycles. The molecule has 1 fully saturated rings. The SMILES string of the molecule is Cc1nccn1-c1ccc(NC(=O)c2cc(C3CCNC3)[nH]n2)cn1. The van der Waals surface area contributed by atoms with Gasteiger partial charge in [-0.25, -0.2) is 9.97 Å². The number of carbonyl (C=O) groups is 1. The highest BCUT2D eigenvalue weighted by Crippen LogP contribution is 2.21. The van der Waals surface area contributed by atoms with Crippen LogP contribution in [0.4, 0.5) is 5.69 Å². The van der Waals surface area contributed by atoms with Crippen LogP contribution in [-0.4, -0.2) is 43.7 Å². The van der Waals surface area contributed by atoms with Crippen LogP contribution in [0.5, 0.6) is 0 Å². The number of nitrogens with zero attached hydrogens (tertiary/aromatic N) is 4. The third-order valence-corrected chi connectivity index (χ3v) is 4.41. The van der Waals surface area contributed by atoms with Crippen LogP contribution < -0.4 is 10.6 Å². The molecule has 1 atom stereocenters. The largest absolute Gasteiger partial charge is 0.319 e. The molecule has 3 N–H and O–H groups in total. The molecule has 1 aliphatic rings. The van der Waals surface area contributed by atoms with Crippen molar-refractivity contribution in [1.82, 2.24) is 30.0 Å². The summed E-state index contributed by atoms with van der Waals surface area (Å²) in [6.45, 7) is 3.83. The molecule has 0 aromatic carbocycles. The summed E-state index contributed by atoms with van der Waals surface area (Å²) >= 11 is 0. The number of hydrogen-bond donors (Lipinski definition) is 3. The van der Waals surface area contributed by atoms with E-state index in [1.54, 1.807) is 12.4 Å². The Balaban J connectivity index is 1.45. The molecule has 8 heteroatoms. The molecule has 0 spiro atoms. The molecule has 0 bridgehead atoms. The Morgan fingerprint density at radius 3 is 2.96 bits per heavy atom. The summed E-state index contributed by atoms with van der Waals surface area (Å²) in [7, 11) is 0. The number of carbonyl (C=O) groups excluding carboxylic acids is 1. The number of nitrogens with one attached hydrogen (secondary N) is 3. The van der Waals surface area contributed by atoms with Crippen molar-refractivity contribution in [2.75, 3.05) is 18.4 Å². The molecule has 0 aliphatic carbocycles. The Bertz CT molecular complexity index is 875. The van der Waals surface area contributed by atoms with Crippen LogP contribution in [0.2, 0.25) is 0 Å². The van der Waals surface area contributed by atoms with Gasteiger partial charge in [-0.3, -0.25) is 14.5 Å². The molecular formula is C17H19N7O. The number of aryl methyl sites for hydroxylation is 1. The molecule has 25 heavy (non-hydrogen) atoms. The molecule has 128 valence electrons. The van der Waals surface area contributed by atoms with Gasteiger partial charge in [-0.2, -0.15) is 5.10 Å². The minimum atomic E-state index is -0.248. The van der Waals surface area contributed by atoms with Gasteiger partial charge in [0, 0.05) is 30.6 Å². The number of anilines is 1. The highest BCUT2D eigenvalue weighted by atomic mass is 16.1. The Labute approximate surface area is 144 Å². The van der Waals surface area contributed by atoms with Crippen molar-refractivity contribution < 1.29 is 4.79 Å². The van der Waals surface area contributed by atoms with Crippen molar-refractivity contribution in [3.63, 3.8) is 0 Å². The summed E-state index contributed by atoms with van der Waals surface area (Å²) in [6, 6.07) is 5.47. The van der Waals surface area contributed by atoms with Gasteiger partial charge in [0.2, 0.25) is 0 Å². The van der Waals surface area contributed by atoms with Crippen LogP contribution in [0.25, 0.3) is 5.82 Å². The summed E-state index contributed by atoms with van der Waals surface area (Å²) in [4.78, 5) is 20.9. The molecule has 1 amide bonds. The smallest absolute Gasteiger partial charge is 0.276 e. The maximum Gasteiger partial charge on any atom is 0.276 e. The first-order chi connectivity index (χ1) is 12.2. The number of rotatable bonds is 4. The second-order valence-corrected chi connectivity index (χ2v) is 6.10. The fourth-order valence-corrected chi connectivity index (χ4v) is 3.00. The van der Waals surface area contributed by atoms with E-state index >= 15 is 0 Å². The van der Waals surface area contributed by atoms with Gasteiger partial charge in [0.1, 0.15) is 11.6 Å². The molecule has 4 rings (SSSR count). The van der Waals surface area contributed by atoms with E-state index in [0.29, 0.717) is 17.3 Å². The number of hydrogen-bond acceptors (Lipinski definition) is 5. The summed E-state index contributed by atoms with van der Waals surface area (Å²) < 4.78 is 1.88. The average Bonchev–Trinajstić information content (AvgIpc) is 3.36. The van der Waals surface area contributed by atoms with Crippen molar-refractivity contribution in [2.24, 2.45) is 0 Å². The lowest BCUT2D eigenvalue weighted by Gasteiger charge is -2.06. The van der Waals surface area contributed by atoms with Gasteiger partial charge in [-0.05, 0) is 38.1 Å². The summed E-state index contributed by atoms with van der Waals surface area (Å²) in [6.07, 6.45) is 6.25. The molecule has 1 unspecified atom stereocenters. The lowest BCUT2D eigenvalue weighted by atomic mass is 10.1. The third-order valence-electron chi connectivity index (χ3n) is 4.41. The van der Waals surface area contributed by atoms with E-state index in [1.807, 2.05) is 35.9 Å². The normalized spacial score (nSPS) is 16.9. The first-order valence-corrected chi connectivity index (χ1v) is 8.24. The predicted octanol–water partition coefficient (Wildman–Crippen LogP) is 1.63. The molecule has 1 saturated heterocycles. The maximum absolute atomic E-state index is 12.4. The van der Waals surface area contributed by atoms with Gasteiger partial charge in [-0.15, -0.1) is 0 Å². The van der Waals surface area contributed by atoms with E-state index in [9.17, 15) is 4.79 Å². The van der Waals surface area contributed by atoms with Crippen molar-refractivity contribution in [2.45, 2.75) is 19.3 Å². The van der Waals surface area contributed by atoms with E-state index < -0.39 is 0 Å². The van der Waals surface area contributed by atoms with Crippen molar-refractivity contribution in [3.8, 4) is 5.82 Å². The first kappa shape index (κ1) is 15.5. The topological polar surface area (TPSA) is 101 Å². The van der Waals surface area contributed by atoms with E-state index in [1.165, 1.54) is 0 Å². The maximum atomic E-state index is 12.4. The third kappa shape index (κ3) is 3.16. The van der Waals surface area contributed by atoms with Gasteiger partial charge in [0.25, 0.3) is 5.91 Å². The minimum Gasteiger partial charge on any atom is -0.319 e. The lowest BCUT2D eigenvalue weighted by molar-refractivity contribution is 0.102. The number of H-pyrrole nitrogens is 1. The van der Waals surface area contributed by atoms with Crippen LogP contribution in [0.3, 0.4) is 0 Å². The highest BCUT2D eigenvalue weighted by Gasteiger charge is 2.20. The van der Waals surface area contributed by atoms with E-state index in [4.69, 9.17) is 0 Å². The van der Waals surface area contributed by atoms with Crippen LogP contribution in [0, 0.1) is 6.92 Å². The Morgan fingerprint density at radius 1 is 1.36 bits per heavy atom. The second-order valence-electron chi connectivity index (χ2n) is 6.10. The van der Waals surface area contributed by atoms with Gasteiger partial charge in [0.15, 0.2) is 5.69 Å². The molecule has 1 aliphatic heterocycles. The standard InChI is InChI=1S/C17H19N7O/c1-11-19-6-7-24(11)16-3-2-13(10-20-16)21-17(25)15-8-14(22-23-15)12-4-5-18-9-12/h2-3,6-8,10,12,18H,4-5,9H2,1H3,(H,21,25)(H,22,23). The first-order valence-electron chi connectivity index (χ1n) is 8.24. The zero-order valence-electron chi connectivity index (χ0n) is 13.9. The number of aromatic nitrogens is 5. The molecular weight excluding hydrogens is 318 g/mol. The zero-order valence-corrected chi connectivity index (χ0v) is 13.9. The Kier molecular flexibility index (Phi) is 4.02. The van der Waals surface area contributed by atoms with E-state index in [2.05, 4.69) is 30.8 Å². The van der Waals surface area contributed by atoms with E-state index in [0.717, 1.165) is 36.8 Å². The summed E-state index contributed by atoms with van der Waals surface area (Å²) in [5, 5.41) is 13.2. The fourth-order valence-electron chi connectivity index (χ4n) is 3.00. The number of imidazole rings is 1.